The number of halogens is 1. The van der Waals surface area contributed by atoms with Gasteiger partial charge in [0.2, 0.25) is 0 Å². The van der Waals surface area contributed by atoms with Crippen molar-refractivity contribution in [3.05, 3.63) is 69.7 Å². The summed E-state index contributed by atoms with van der Waals surface area (Å²) < 4.78 is 16.9. The lowest BCUT2D eigenvalue weighted by Crippen LogP contribution is -1.97. The predicted octanol–water partition coefficient (Wildman–Crippen LogP) is 4.45. The number of benzene rings is 2. The average Bonchev–Trinajstić information content (AvgIpc) is 2.97. The van der Waals surface area contributed by atoms with Gasteiger partial charge in [-0.2, -0.15) is 0 Å². The Labute approximate surface area is 148 Å². The van der Waals surface area contributed by atoms with Gasteiger partial charge in [0.05, 0.1) is 19.8 Å². The lowest BCUT2D eigenvalue weighted by atomic mass is 10.1. The lowest BCUT2D eigenvalue weighted by molar-refractivity contribution is -0.130. The fourth-order valence-electron chi connectivity index (χ4n) is 2.36. The highest BCUT2D eigenvalue weighted by Crippen LogP contribution is 2.34. The molecule has 4 nitrogen and oxygen atoms in total. The van der Waals surface area contributed by atoms with Crippen molar-refractivity contribution in [3.8, 4) is 11.5 Å². The topological polar surface area (TPSA) is 44.8 Å². The van der Waals surface area contributed by atoms with Gasteiger partial charge in [0, 0.05) is 10.0 Å². The molecule has 5 heteroatoms. The quantitative estimate of drug-likeness (QED) is 0.575. The van der Waals surface area contributed by atoms with E-state index in [4.69, 9.17) is 14.2 Å². The van der Waals surface area contributed by atoms with Crippen molar-refractivity contribution in [1.29, 1.82) is 0 Å². The molecule has 0 bridgehead atoms. The van der Waals surface area contributed by atoms with Crippen LogP contribution in [-0.4, -0.2) is 20.2 Å². The Bertz CT molecular complexity index is 835. The van der Waals surface area contributed by atoms with Crippen LogP contribution in [0.25, 0.3) is 11.8 Å². The van der Waals surface area contributed by atoms with E-state index in [2.05, 4.69) is 15.9 Å². The Balaban J connectivity index is 1.93. The van der Waals surface area contributed by atoms with Crippen LogP contribution >= 0.6 is 15.9 Å². The van der Waals surface area contributed by atoms with Crippen LogP contribution in [0.4, 0.5) is 0 Å². The maximum Gasteiger partial charge on any atom is 0.343 e. The van der Waals surface area contributed by atoms with Gasteiger partial charge in [-0.15, -0.1) is 0 Å². The maximum atomic E-state index is 12.1. The van der Waals surface area contributed by atoms with Crippen LogP contribution < -0.4 is 9.47 Å². The van der Waals surface area contributed by atoms with Crippen LogP contribution in [0.1, 0.15) is 11.1 Å². The first kappa shape index (κ1) is 16.3. The molecule has 0 unspecified atom stereocenters. The molecule has 2 aromatic carbocycles. The van der Waals surface area contributed by atoms with E-state index in [0.717, 1.165) is 15.6 Å². The van der Waals surface area contributed by atoms with E-state index in [-0.39, 0.29) is 5.97 Å². The van der Waals surface area contributed by atoms with Crippen molar-refractivity contribution >= 4 is 33.7 Å². The second-order valence-corrected chi connectivity index (χ2v) is 6.03. The van der Waals surface area contributed by atoms with Crippen LogP contribution in [0.2, 0.25) is 0 Å². The Kier molecular flexibility index (Phi) is 4.71. The zero-order valence-electron chi connectivity index (χ0n) is 13.2. The normalized spacial score (nSPS) is 15.2. The van der Waals surface area contributed by atoms with E-state index in [0.29, 0.717) is 22.8 Å². The molecule has 0 amide bonds. The Hall–Kier alpha value is -2.53. The lowest BCUT2D eigenvalue weighted by Gasteiger charge is -2.09. The molecule has 0 spiro atoms. The summed E-state index contributed by atoms with van der Waals surface area (Å²) in [5.41, 5.74) is 2.18. The van der Waals surface area contributed by atoms with Crippen molar-refractivity contribution in [3.63, 3.8) is 0 Å². The molecular formula is C19H15BrO4. The summed E-state index contributed by atoms with van der Waals surface area (Å²) in [6, 6.07) is 13.1. The molecule has 1 aliphatic rings. The van der Waals surface area contributed by atoms with E-state index in [1.165, 1.54) is 0 Å². The number of hydrogen-bond acceptors (Lipinski definition) is 4. The minimum absolute atomic E-state index is 0.372. The van der Waals surface area contributed by atoms with Gasteiger partial charge in [0.1, 0.15) is 5.76 Å². The summed E-state index contributed by atoms with van der Waals surface area (Å²) >= 11 is 3.39. The molecule has 0 radical (unpaired) electrons. The largest absolute Gasteiger partial charge is 0.493 e. The fraction of sp³-hybridized carbons (Fsp3) is 0.105. The second kappa shape index (κ2) is 6.93. The molecule has 0 saturated heterocycles. The fourth-order valence-corrected chi connectivity index (χ4v) is 2.62. The van der Waals surface area contributed by atoms with Crippen LogP contribution in [0, 0.1) is 0 Å². The highest BCUT2D eigenvalue weighted by molar-refractivity contribution is 9.10. The summed E-state index contributed by atoms with van der Waals surface area (Å²) in [4.78, 5) is 12.1. The first-order valence-corrected chi connectivity index (χ1v) is 8.03. The van der Waals surface area contributed by atoms with Gasteiger partial charge in [0.15, 0.2) is 11.5 Å². The Morgan fingerprint density at radius 1 is 1.00 bits per heavy atom. The molecule has 0 fully saturated rings. The zero-order chi connectivity index (χ0) is 17.1. The predicted molar refractivity (Wildman–Crippen MR) is 95.7 cm³/mol. The van der Waals surface area contributed by atoms with Crippen LogP contribution in [0.5, 0.6) is 11.5 Å². The molecule has 0 aliphatic carbocycles. The first-order chi connectivity index (χ1) is 11.6. The summed E-state index contributed by atoms with van der Waals surface area (Å²) in [5.74, 6) is 1.32. The number of carbonyl (C=O) groups excluding carboxylic acids is 1. The highest BCUT2D eigenvalue weighted by Gasteiger charge is 2.22. The van der Waals surface area contributed by atoms with Gasteiger partial charge in [-0.3, -0.25) is 0 Å². The minimum atomic E-state index is -0.372. The maximum absolute atomic E-state index is 12.1. The van der Waals surface area contributed by atoms with Crippen molar-refractivity contribution in [2.45, 2.75) is 0 Å². The van der Waals surface area contributed by atoms with Gasteiger partial charge in [0.25, 0.3) is 0 Å². The third kappa shape index (κ3) is 3.36. The minimum Gasteiger partial charge on any atom is -0.493 e. The molecule has 0 aromatic heterocycles. The van der Waals surface area contributed by atoms with Crippen molar-refractivity contribution in [2.24, 2.45) is 0 Å². The van der Waals surface area contributed by atoms with Gasteiger partial charge < -0.3 is 14.2 Å². The molecule has 1 aliphatic heterocycles. The molecule has 0 atom stereocenters. The first-order valence-electron chi connectivity index (χ1n) is 7.24. The number of hydrogen-bond donors (Lipinski definition) is 0. The van der Waals surface area contributed by atoms with E-state index >= 15 is 0 Å². The molecule has 2 aromatic rings. The molecular weight excluding hydrogens is 372 g/mol. The third-order valence-electron chi connectivity index (χ3n) is 3.59. The number of carbonyl (C=O) groups is 1. The number of methoxy groups -OCH3 is 2. The second-order valence-electron chi connectivity index (χ2n) is 5.12. The zero-order valence-corrected chi connectivity index (χ0v) is 14.8. The van der Waals surface area contributed by atoms with E-state index in [1.807, 2.05) is 30.3 Å². The number of cyclic esters (lactones) is 1. The van der Waals surface area contributed by atoms with Crippen LogP contribution in [0.3, 0.4) is 0 Å². The van der Waals surface area contributed by atoms with E-state index < -0.39 is 0 Å². The summed E-state index contributed by atoms with van der Waals surface area (Å²) in [7, 11) is 3.14. The number of ether oxygens (including phenoxy) is 3. The molecule has 0 N–H and O–H groups in total. The van der Waals surface area contributed by atoms with Gasteiger partial charge >= 0.3 is 5.97 Å². The van der Waals surface area contributed by atoms with Gasteiger partial charge in [-0.25, -0.2) is 4.79 Å². The van der Waals surface area contributed by atoms with Crippen molar-refractivity contribution in [1.82, 2.24) is 0 Å². The Morgan fingerprint density at radius 2 is 1.71 bits per heavy atom. The van der Waals surface area contributed by atoms with Crippen molar-refractivity contribution in [2.75, 3.05) is 14.2 Å². The highest BCUT2D eigenvalue weighted by atomic mass is 79.9. The average molecular weight is 387 g/mol. The van der Waals surface area contributed by atoms with Gasteiger partial charge in [-0.1, -0.05) is 28.1 Å². The molecule has 0 saturated carbocycles. The number of rotatable bonds is 4. The van der Waals surface area contributed by atoms with E-state index in [1.54, 1.807) is 38.5 Å². The summed E-state index contributed by atoms with van der Waals surface area (Å²) in [6.45, 7) is 0. The number of esters is 1. The van der Waals surface area contributed by atoms with Crippen molar-refractivity contribution < 1.29 is 19.0 Å². The monoisotopic (exact) mass is 386 g/mol. The standard InChI is InChI=1S/C19H15BrO4/c1-22-16-8-5-13(10-18(16)23-2)17-11-14(19(21)24-17)9-12-3-6-15(20)7-4-12/h3-11H,1-2H3/b14-9-. The molecule has 3 rings (SSSR count). The summed E-state index contributed by atoms with van der Waals surface area (Å²) in [6.07, 6.45) is 3.52. The Morgan fingerprint density at radius 3 is 2.38 bits per heavy atom. The smallest absolute Gasteiger partial charge is 0.343 e. The molecule has 1 heterocycles. The van der Waals surface area contributed by atoms with Crippen LogP contribution in [-0.2, 0) is 9.53 Å². The SMILES string of the molecule is COc1ccc(C2=C/C(=C/c3ccc(Br)cc3)C(=O)O2)cc1OC. The van der Waals surface area contributed by atoms with E-state index in [9.17, 15) is 4.79 Å². The summed E-state index contributed by atoms with van der Waals surface area (Å²) in [5, 5.41) is 0. The van der Waals surface area contributed by atoms with Gasteiger partial charge in [-0.05, 0) is 48.0 Å². The van der Waals surface area contributed by atoms with Crippen LogP contribution in [0.15, 0.2) is 58.6 Å². The molecule has 24 heavy (non-hydrogen) atoms. The molecule has 122 valence electrons. The third-order valence-corrected chi connectivity index (χ3v) is 4.11.